The number of rotatable bonds is 4. The van der Waals surface area contributed by atoms with Crippen molar-refractivity contribution in [2.24, 2.45) is 0 Å². The highest BCUT2D eigenvalue weighted by Gasteiger charge is 2.16. The molecule has 0 aromatic carbocycles. The fourth-order valence-corrected chi connectivity index (χ4v) is 2.39. The first-order chi connectivity index (χ1) is 7.38. The zero-order valence-corrected chi connectivity index (χ0v) is 10.0. The first-order valence-corrected chi connectivity index (χ1v) is 6.42. The normalized spacial score (nSPS) is 19.5. The molecule has 0 bridgehead atoms. The highest BCUT2D eigenvalue weighted by atomic mass is 32.1. The molecule has 0 aliphatic carbocycles. The van der Waals surface area contributed by atoms with Gasteiger partial charge in [0.2, 0.25) is 0 Å². The molecule has 0 radical (unpaired) electrons. The summed E-state index contributed by atoms with van der Waals surface area (Å²) in [5, 5.41) is 0. The van der Waals surface area contributed by atoms with E-state index in [1.807, 2.05) is 5.51 Å². The Balaban J connectivity index is 1.74. The summed E-state index contributed by atoms with van der Waals surface area (Å²) in [6.45, 7) is 9.09. The standard InChI is InChI=1S/C10H18N4S/c1-2-3-13-4-6-14(7-5-13)8-10-11-9-15-12-10/h9H,2-8H2,1H3. The Kier molecular flexibility index (Phi) is 4.05. The van der Waals surface area contributed by atoms with Gasteiger partial charge >= 0.3 is 0 Å². The average Bonchev–Trinajstić information content (AvgIpc) is 2.74. The molecule has 1 saturated heterocycles. The highest BCUT2D eigenvalue weighted by molar-refractivity contribution is 7.03. The lowest BCUT2D eigenvalue weighted by atomic mass is 10.3. The number of hydrogen-bond donors (Lipinski definition) is 0. The lowest BCUT2D eigenvalue weighted by Crippen LogP contribution is -2.46. The van der Waals surface area contributed by atoms with Crippen LogP contribution in [-0.4, -0.2) is 51.9 Å². The number of aromatic nitrogens is 2. The number of nitrogens with zero attached hydrogens (tertiary/aromatic N) is 4. The molecule has 0 unspecified atom stereocenters. The largest absolute Gasteiger partial charge is 0.301 e. The van der Waals surface area contributed by atoms with E-state index in [9.17, 15) is 0 Å². The van der Waals surface area contributed by atoms with Crippen LogP contribution in [0.2, 0.25) is 0 Å². The lowest BCUT2D eigenvalue weighted by Gasteiger charge is -2.33. The van der Waals surface area contributed by atoms with Crippen molar-refractivity contribution in [2.75, 3.05) is 32.7 Å². The maximum Gasteiger partial charge on any atom is 0.156 e. The molecule has 1 aliphatic rings. The number of hydrogen-bond acceptors (Lipinski definition) is 5. The summed E-state index contributed by atoms with van der Waals surface area (Å²) in [4.78, 5) is 9.19. The Morgan fingerprint density at radius 1 is 1.27 bits per heavy atom. The minimum Gasteiger partial charge on any atom is -0.301 e. The van der Waals surface area contributed by atoms with Crippen molar-refractivity contribution in [3.05, 3.63) is 11.3 Å². The van der Waals surface area contributed by atoms with Crippen molar-refractivity contribution in [1.29, 1.82) is 0 Å². The van der Waals surface area contributed by atoms with Crippen molar-refractivity contribution in [3.63, 3.8) is 0 Å². The van der Waals surface area contributed by atoms with E-state index in [1.54, 1.807) is 0 Å². The van der Waals surface area contributed by atoms with Crippen LogP contribution in [0.1, 0.15) is 19.2 Å². The highest BCUT2D eigenvalue weighted by Crippen LogP contribution is 2.06. The van der Waals surface area contributed by atoms with Crippen LogP contribution in [0.3, 0.4) is 0 Å². The summed E-state index contributed by atoms with van der Waals surface area (Å²) in [7, 11) is 0. The number of piperazine rings is 1. The van der Waals surface area contributed by atoms with Gasteiger partial charge in [-0.3, -0.25) is 4.90 Å². The van der Waals surface area contributed by atoms with Gasteiger partial charge in [0.1, 0.15) is 5.51 Å². The molecule has 1 aliphatic heterocycles. The second-order valence-electron chi connectivity index (χ2n) is 3.97. The van der Waals surface area contributed by atoms with E-state index < -0.39 is 0 Å². The molecule has 0 amide bonds. The smallest absolute Gasteiger partial charge is 0.156 e. The summed E-state index contributed by atoms with van der Waals surface area (Å²) in [6, 6.07) is 0. The van der Waals surface area contributed by atoms with Crippen LogP contribution in [0, 0.1) is 0 Å². The Morgan fingerprint density at radius 3 is 2.60 bits per heavy atom. The van der Waals surface area contributed by atoms with E-state index in [-0.39, 0.29) is 0 Å². The van der Waals surface area contributed by atoms with Crippen LogP contribution in [-0.2, 0) is 6.54 Å². The van der Waals surface area contributed by atoms with E-state index in [4.69, 9.17) is 0 Å². The summed E-state index contributed by atoms with van der Waals surface area (Å²) in [5.41, 5.74) is 1.81. The Morgan fingerprint density at radius 2 is 2.00 bits per heavy atom. The topological polar surface area (TPSA) is 32.3 Å². The van der Waals surface area contributed by atoms with Gasteiger partial charge < -0.3 is 4.90 Å². The zero-order valence-electron chi connectivity index (χ0n) is 9.22. The first kappa shape index (κ1) is 11.0. The van der Waals surface area contributed by atoms with Gasteiger partial charge in [0.15, 0.2) is 5.82 Å². The van der Waals surface area contributed by atoms with Crippen LogP contribution in [0.25, 0.3) is 0 Å². The van der Waals surface area contributed by atoms with Crippen molar-refractivity contribution in [2.45, 2.75) is 19.9 Å². The van der Waals surface area contributed by atoms with Gasteiger partial charge in [-0.1, -0.05) is 6.92 Å². The quantitative estimate of drug-likeness (QED) is 0.768. The molecule has 1 aromatic rings. The third-order valence-electron chi connectivity index (χ3n) is 2.78. The molecule has 2 heterocycles. The van der Waals surface area contributed by atoms with E-state index in [1.165, 1.54) is 37.6 Å². The summed E-state index contributed by atoms with van der Waals surface area (Å²) >= 11 is 1.44. The van der Waals surface area contributed by atoms with Crippen molar-refractivity contribution >= 4 is 11.5 Å². The van der Waals surface area contributed by atoms with Gasteiger partial charge in [-0.15, -0.1) is 0 Å². The van der Waals surface area contributed by atoms with E-state index in [2.05, 4.69) is 26.1 Å². The maximum absolute atomic E-state index is 4.24. The van der Waals surface area contributed by atoms with Crippen LogP contribution < -0.4 is 0 Å². The van der Waals surface area contributed by atoms with Crippen molar-refractivity contribution in [3.8, 4) is 0 Å². The van der Waals surface area contributed by atoms with Gasteiger partial charge in [0.05, 0.1) is 6.54 Å². The summed E-state index contributed by atoms with van der Waals surface area (Å²) < 4.78 is 4.24. The second-order valence-corrected chi connectivity index (χ2v) is 4.57. The molecule has 0 saturated carbocycles. The molecule has 1 fully saturated rings. The summed E-state index contributed by atoms with van der Waals surface area (Å²) in [5.74, 6) is 0.976. The van der Waals surface area contributed by atoms with E-state index in [0.29, 0.717) is 0 Å². The van der Waals surface area contributed by atoms with Crippen molar-refractivity contribution in [1.82, 2.24) is 19.2 Å². The molecule has 0 spiro atoms. The molecule has 1 aromatic heterocycles. The predicted octanol–water partition coefficient (Wildman–Crippen LogP) is 1.07. The van der Waals surface area contributed by atoms with Gasteiger partial charge in [-0.25, -0.2) is 4.98 Å². The van der Waals surface area contributed by atoms with Crippen LogP contribution >= 0.6 is 11.5 Å². The van der Waals surface area contributed by atoms with Crippen LogP contribution in [0.5, 0.6) is 0 Å². The maximum atomic E-state index is 4.24. The van der Waals surface area contributed by atoms with Gasteiger partial charge in [0.25, 0.3) is 0 Å². The van der Waals surface area contributed by atoms with E-state index >= 15 is 0 Å². The molecular formula is C10H18N4S. The molecule has 84 valence electrons. The van der Waals surface area contributed by atoms with Crippen LogP contribution in [0.4, 0.5) is 0 Å². The molecule has 15 heavy (non-hydrogen) atoms. The Bertz CT molecular complexity index is 267. The third-order valence-corrected chi connectivity index (χ3v) is 3.29. The minimum atomic E-state index is 0.920. The van der Waals surface area contributed by atoms with Gasteiger partial charge in [0, 0.05) is 26.2 Å². The fraction of sp³-hybridized carbons (Fsp3) is 0.800. The van der Waals surface area contributed by atoms with Gasteiger partial charge in [-0.05, 0) is 24.5 Å². The Hall–Kier alpha value is -0.520. The van der Waals surface area contributed by atoms with Crippen LogP contribution in [0.15, 0.2) is 5.51 Å². The van der Waals surface area contributed by atoms with E-state index in [0.717, 1.165) is 25.5 Å². The molecule has 0 atom stereocenters. The molecule has 2 rings (SSSR count). The first-order valence-electron chi connectivity index (χ1n) is 5.58. The van der Waals surface area contributed by atoms with Crippen molar-refractivity contribution < 1.29 is 0 Å². The average molecular weight is 226 g/mol. The molecule has 0 N–H and O–H groups in total. The monoisotopic (exact) mass is 226 g/mol. The lowest BCUT2D eigenvalue weighted by molar-refractivity contribution is 0.125. The molecule has 4 nitrogen and oxygen atoms in total. The minimum absolute atomic E-state index is 0.920. The SMILES string of the molecule is CCCN1CCN(Cc2ncsn2)CC1. The Labute approximate surface area is 95.1 Å². The summed E-state index contributed by atoms with van der Waals surface area (Å²) in [6.07, 6.45) is 1.26. The second kappa shape index (κ2) is 5.53. The molecular weight excluding hydrogens is 208 g/mol. The molecule has 5 heteroatoms. The third kappa shape index (κ3) is 3.22. The predicted molar refractivity (Wildman–Crippen MR) is 61.9 cm³/mol. The van der Waals surface area contributed by atoms with Gasteiger partial charge in [-0.2, -0.15) is 4.37 Å². The zero-order chi connectivity index (χ0) is 10.5. The fourth-order valence-electron chi connectivity index (χ4n) is 1.95.